The third-order valence-electron chi connectivity index (χ3n) is 7.19. The SMILES string of the molecule is Nc1nc2c(ncn2[C@@H]2O[C@H]3COP(O)(=S)O[C@@H]4C[C@H](n5cnc6c(N)ncnc65)O[C@H]4COP(=O)(S)O[C@@H]2[C@@H]3F)c(=O)[nH]1. The number of anilines is 2. The number of ether oxygens (including phenoxy) is 2. The van der Waals surface area contributed by atoms with Crippen LogP contribution < -0.4 is 17.0 Å². The maximum atomic E-state index is 15.8. The van der Waals surface area contributed by atoms with Gasteiger partial charge >= 0.3 is 13.5 Å². The maximum absolute atomic E-state index is 15.8. The Morgan fingerprint density at radius 2 is 1.77 bits per heavy atom. The van der Waals surface area contributed by atoms with Gasteiger partial charge in [-0.1, -0.05) is 12.2 Å². The lowest BCUT2D eigenvalue weighted by atomic mass is 10.1. The highest BCUT2D eigenvalue weighted by atomic mass is 32.7. The number of halogens is 1. The number of aromatic nitrogens is 8. The third kappa shape index (κ3) is 5.43. The van der Waals surface area contributed by atoms with Crippen LogP contribution in [0.25, 0.3) is 22.3 Å². The van der Waals surface area contributed by atoms with Crippen molar-refractivity contribution in [3.63, 3.8) is 0 Å². The molecule has 4 aromatic heterocycles. The van der Waals surface area contributed by atoms with E-state index in [1.807, 2.05) is 0 Å². The first-order valence-electron chi connectivity index (χ1n) is 12.8. The second-order valence-corrected chi connectivity index (χ2v) is 15.6. The van der Waals surface area contributed by atoms with Crippen LogP contribution in [0.3, 0.4) is 0 Å². The molecule has 0 amide bonds. The molecule has 3 saturated heterocycles. The summed E-state index contributed by atoms with van der Waals surface area (Å²) in [4.78, 5) is 46.0. The molecule has 0 spiro atoms. The molecule has 7 heterocycles. The fraction of sp³-hybridized carbons (Fsp3) is 0.500. The van der Waals surface area contributed by atoms with Crippen molar-refractivity contribution in [3.05, 3.63) is 29.3 Å². The summed E-state index contributed by atoms with van der Waals surface area (Å²) in [5.41, 5.74) is 11.5. The van der Waals surface area contributed by atoms with Gasteiger partial charge < -0.3 is 34.9 Å². The minimum Gasteiger partial charge on any atom is -0.382 e. The highest BCUT2D eigenvalue weighted by Crippen LogP contribution is 2.58. The molecule has 236 valence electrons. The van der Waals surface area contributed by atoms with E-state index in [0.29, 0.717) is 11.2 Å². The number of aromatic amines is 1. The monoisotopic (exact) mass is 692 g/mol. The van der Waals surface area contributed by atoms with Crippen LogP contribution in [-0.2, 0) is 43.9 Å². The summed E-state index contributed by atoms with van der Waals surface area (Å²) in [7, 11) is 0. The first-order valence-corrected chi connectivity index (χ1v) is 18.1. The number of alkyl halides is 1. The molecule has 0 radical (unpaired) electrons. The van der Waals surface area contributed by atoms with Crippen LogP contribution in [0.2, 0.25) is 0 Å². The smallest absolute Gasteiger partial charge is 0.382 e. The summed E-state index contributed by atoms with van der Waals surface area (Å²) in [5.74, 6) is -0.0683. The number of nitrogens with zero attached hydrogens (tertiary/aromatic N) is 7. The summed E-state index contributed by atoms with van der Waals surface area (Å²) in [6, 6.07) is 0. The van der Waals surface area contributed by atoms with E-state index in [1.54, 1.807) is 4.57 Å². The fourth-order valence-corrected chi connectivity index (χ4v) is 8.15. The molecule has 7 rings (SSSR count). The van der Waals surface area contributed by atoms with E-state index in [1.165, 1.54) is 17.2 Å². The Labute approximate surface area is 255 Å². The van der Waals surface area contributed by atoms with Gasteiger partial charge in [-0.2, -0.15) is 4.98 Å². The van der Waals surface area contributed by atoms with Gasteiger partial charge in [-0.3, -0.25) is 28.0 Å². The number of thiol groups is 1. The average molecular weight is 693 g/mol. The molecule has 2 unspecified atom stereocenters. The summed E-state index contributed by atoms with van der Waals surface area (Å²) in [6.07, 6.45) is -5.18. The Morgan fingerprint density at radius 3 is 2.59 bits per heavy atom. The standard InChI is InChI=1S/C20H23FN10O9P2S2/c21-11-9-3-36-41(33,43)39-7-1-10(30-5-26-12-15(22)24-4-25-16(12)30)37-8(7)2-35-42(34,44)40-14(11)19(38-9)31-6-27-13-17(31)28-20(23)29-18(13)32/h4-11,14,19H,1-3H2,(H,33,43)(H,34,44)(H2,22,24,25)(H3,23,28,29,32)/t7-,8+,9+,10-,11-,14-,19-,41?,42?/m1/s1. The van der Waals surface area contributed by atoms with Gasteiger partial charge in [0.15, 0.2) is 35.0 Å². The molecule has 4 aromatic rings. The second kappa shape index (κ2) is 11.0. The van der Waals surface area contributed by atoms with E-state index in [9.17, 15) is 14.3 Å². The van der Waals surface area contributed by atoms with Crippen LogP contribution in [0.1, 0.15) is 18.9 Å². The number of rotatable bonds is 2. The molecular weight excluding hydrogens is 669 g/mol. The highest BCUT2D eigenvalue weighted by Gasteiger charge is 2.52. The first kappa shape index (κ1) is 30.1. The zero-order valence-electron chi connectivity index (χ0n) is 22.0. The zero-order valence-corrected chi connectivity index (χ0v) is 25.5. The number of nitrogens with one attached hydrogen (secondary N) is 1. The van der Waals surface area contributed by atoms with Crippen LogP contribution in [0, 0.1) is 0 Å². The predicted octanol–water partition coefficient (Wildman–Crippen LogP) is 0.719. The minimum absolute atomic E-state index is 0.0578. The number of fused-ring (bicyclic) bond motifs is 5. The number of H-pyrrole nitrogens is 1. The highest BCUT2D eigenvalue weighted by molar-refractivity contribution is 8.44. The molecule has 6 N–H and O–H groups in total. The molecule has 9 atom stereocenters. The molecule has 0 aliphatic carbocycles. The van der Waals surface area contributed by atoms with Crippen molar-refractivity contribution in [1.82, 2.24) is 39.0 Å². The number of imidazole rings is 2. The summed E-state index contributed by atoms with van der Waals surface area (Å²) < 4.78 is 66.4. The van der Waals surface area contributed by atoms with Crippen LogP contribution >= 0.6 is 25.8 Å². The van der Waals surface area contributed by atoms with Gasteiger partial charge in [0.25, 0.3) is 5.56 Å². The summed E-state index contributed by atoms with van der Waals surface area (Å²) in [6.45, 7) is -9.42. The van der Waals surface area contributed by atoms with Crippen molar-refractivity contribution in [2.24, 2.45) is 0 Å². The van der Waals surface area contributed by atoms with Gasteiger partial charge in [-0.25, -0.2) is 28.9 Å². The van der Waals surface area contributed by atoms with E-state index in [-0.39, 0.29) is 29.4 Å². The third-order valence-corrected chi connectivity index (χ3v) is 10.4. The van der Waals surface area contributed by atoms with Gasteiger partial charge in [-0.15, -0.1) is 0 Å². The van der Waals surface area contributed by atoms with Crippen LogP contribution in [-0.4, -0.2) is 87.7 Å². The van der Waals surface area contributed by atoms with Crippen molar-refractivity contribution in [2.45, 2.75) is 49.5 Å². The van der Waals surface area contributed by atoms with Crippen molar-refractivity contribution in [1.29, 1.82) is 0 Å². The van der Waals surface area contributed by atoms with Crippen molar-refractivity contribution in [2.75, 3.05) is 24.7 Å². The normalized spacial score (nSPS) is 36.6. The van der Waals surface area contributed by atoms with E-state index in [2.05, 4.69) is 42.2 Å². The van der Waals surface area contributed by atoms with Crippen molar-refractivity contribution < 1.29 is 41.4 Å². The van der Waals surface area contributed by atoms with Crippen LogP contribution in [0.4, 0.5) is 16.2 Å². The Bertz CT molecular complexity index is 1910. The van der Waals surface area contributed by atoms with Gasteiger partial charge in [-0.05, 0) is 11.8 Å². The molecule has 0 saturated carbocycles. The maximum Gasteiger partial charge on any atom is 0.386 e. The van der Waals surface area contributed by atoms with E-state index >= 15 is 4.39 Å². The Hall–Kier alpha value is -2.62. The molecule has 3 fully saturated rings. The van der Waals surface area contributed by atoms with Crippen molar-refractivity contribution in [3.8, 4) is 0 Å². The number of hydrogen-bond donors (Lipinski definition) is 5. The summed E-state index contributed by atoms with van der Waals surface area (Å²) >= 11 is 9.29. The number of nitrogens with two attached hydrogens (primary N) is 2. The lowest BCUT2D eigenvalue weighted by Gasteiger charge is -2.26. The minimum atomic E-state index is -4.35. The lowest BCUT2D eigenvalue weighted by Crippen LogP contribution is -2.32. The molecule has 0 aromatic carbocycles. The topological polar surface area (TPSA) is 252 Å². The Balaban J connectivity index is 1.19. The molecular formula is C20H23FN10O9P2S2. The number of nitrogen functional groups attached to an aromatic ring is 2. The largest absolute Gasteiger partial charge is 0.386 e. The molecule has 24 heteroatoms. The van der Waals surface area contributed by atoms with Gasteiger partial charge in [0.2, 0.25) is 5.95 Å². The van der Waals surface area contributed by atoms with Gasteiger partial charge in [0.05, 0.1) is 32.0 Å². The van der Waals surface area contributed by atoms with Crippen LogP contribution in [0.5, 0.6) is 0 Å². The van der Waals surface area contributed by atoms with Crippen molar-refractivity contribution >= 4 is 71.7 Å². The molecule has 19 nitrogen and oxygen atoms in total. The molecule has 3 aliphatic rings. The van der Waals surface area contributed by atoms with Gasteiger partial charge in [0.1, 0.15) is 36.4 Å². The van der Waals surface area contributed by atoms with E-state index in [0.717, 1.165) is 6.33 Å². The first-order chi connectivity index (χ1) is 20.9. The quantitative estimate of drug-likeness (QED) is 0.143. The van der Waals surface area contributed by atoms with E-state index < -0.39 is 75.3 Å². The second-order valence-electron chi connectivity index (χ2n) is 9.98. The zero-order chi connectivity index (χ0) is 31.0. The Morgan fingerprint density at radius 1 is 1.02 bits per heavy atom. The molecule has 3 aliphatic heterocycles. The van der Waals surface area contributed by atoms with Gasteiger partial charge in [0, 0.05) is 6.42 Å². The summed E-state index contributed by atoms with van der Waals surface area (Å²) in [5, 5.41) is 0. The van der Waals surface area contributed by atoms with E-state index in [4.69, 9.17) is 50.8 Å². The fourth-order valence-electron chi connectivity index (χ4n) is 5.23. The molecule has 44 heavy (non-hydrogen) atoms. The Kier molecular flexibility index (Phi) is 7.53. The van der Waals surface area contributed by atoms with Crippen LogP contribution in [0.15, 0.2) is 23.8 Å². The number of hydrogen-bond acceptors (Lipinski definition) is 16. The predicted molar refractivity (Wildman–Crippen MR) is 154 cm³/mol. The lowest BCUT2D eigenvalue weighted by molar-refractivity contribution is -0.0576. The molecule has 2 bridgehead atoms. The average Bonchev–Trinajstić information content (AvgIpc) is 3.72.